The van der Waals surface area contributed by atoms with Gasteiger partial charge in [0.25, 0.3) is 5.91 Å². The minimum absolute atomic E-state index is 0.00899. The van der Waals surface area contributed by atoms with Crippen LogP contribution in [0.3, 0.4) is 0 Å². The van der Waals surface area contributed by atoms with E-state index in [2.05, 4.69) is 10.9 Å². The van der Waals surface area contributed by atoms with E-state index in [1.807, 2.05) is 0 Å². The molecule has 2 heterocycles. The van der Waals surface area contributed by atoms with E-state index >= 15 is 0 Å². The highest BCUT2D eigenvalue weighted by atomic mass is 32.2. The van der Waals surface area contributed by atoms with Crippen molar-refractivity contribution in [3.63, 3.8) is 0 Å². The van der Waals surface area contributed by atoms with Crippen LogP contribution in [-0.2, 0) is 19.4 Å². The van der Waals surface area contributed by atoms with Crippen LogP contribution < -0.4 is 15.8 Å². The lowest BCUT2D eigenvalue weighted by atomic mass is 10.1. The maximum absolute atomic E-state index is 12.2. The van der Waals surface area contributed by atoms with Crippen molar-refractivity contribution in [2.24, 2.45) is 5.92 Å². The molecular formula is C16H19N3O5S. The third-order valence-corrected chi connectivity index (χ3v) is 6.16. The maximum atomic E-state index is 12.2. The fraction of sp³-hybridized carbons (Fsp3) is 0.438. The van der Waals surface area contributed by atoms with Gasteiger partial charge in [0, 0.05) is 24.2 Å². The average molecular weight is 365 g/mol. The van der Waals surface area contributed by atoms with Crippen LogP contribution in [0.2, 0.25) is 0 Å². The number of sulfone groups is 1. The Bertz CT molecular complexity index is 821. The van der Waals surface area contributed by atoms with E-state index in [1.54, 1.807) is 29.2 Å². The zero-order chi connectivity index (χ0) is 18.0. The lowest BCUT2D eigenvalue weighted by Gasteiger charge is -2.16. The molecule has 25 heavy (non-hydrogen) atoms. The number of carbonyl (C=O) groups is 3. The van der Waals surface area contributed by atoms with E-state index in [9.17, 15) is 22.8 Å². The summed E-state index contributed by atoms with van der Waals surface area (Å²) in [5.74, 6) is -1.86. The Morgan fingerprint density at radius 1 is 1.20 bits per heavy atom. The van der Waals surface area contributed by atoms with Gasteiger partial charge in [0.05, 0.1) is 17.4 Å². The first-order valence-corrected chi connectivity index (χ1v) is 9.89. The van der Waals surface area contributed by atoms with Gasteiger partial charge in [0.1, 0.15) is 0 Å². The molecule has 9 heteroatoms. The average Bonchev–Trinajstić information content (AvgIpc) is 3.17. The molecule has 3 rings (SSSR count). The topological polar surface area (TPSA) is 113 Å². The summed E-state index contributed by atoms with van der Waals surface area (Å²) in [4.78, 5) is 37.6. The van der Waals surface area contributed by atoms with Gasteiger partial charge < -0.3 is 4.90 Å². The number of amides is 3. The number of hydrogen-bond acceptors (Lipinski definition) is 5. The van der Waals surface area contributed by atoms with Crippen LogP contribution in [0.1, 0.15) is 29.6 Å². The SMILES string of the molecule is O=C(NNC(=O)[C@@H]1CCS(=O)(=O)C1)c1cccc(N2CCCC2=O)c1. The summed E-state index contributed by atoms with van der Waals surface area (Å²) in [5, 5.41) is 0. The van der Waals surface area contributed by atoms with Gasteiger partial charge in [-0.1, -0.05) is 6.07 Å². The molecule has 8 nitrogen and oxygen atoms in total. The van der Waals surface area contributed by atoms with Gasteiger partial charge in [-0.25, -0.2) is 8.42 Å². The minimum Gasteiger partial charge on any atom is -0.312 e. The van der Waals surface area contributed by atoms with Crippen LogP contribution in [-0.4, -0.2) is 44.2 Å². The molecule has 2 saturated heterocycles. The standard InChI is InChI=1S/C16H19N3O5S/c20-14-5-2-7-19(14)13-4-1-3-11(9-13)15(21)17-18-16(22)12-6-8-25(23,24)10-12/h1,3-4,9,12H,2,5-8,10H2,(H,17,21)(H,18,22)/t12-/m1/s1. The molecule has 2 fully saturated rings. The molecule has 1 aromatic rings. The van der Waals surface area contributed by atoms with Crippen molar-refractivity contribution in [3.8, 4) is 0 Å². The fourth-order valence-electron chi connectivity index (χ4n) is 3.03. The van der Waals surface area contributed by atoms with Crippen LogP contribution in [0.25, 0.3) is 0 Å². The third kappa shape index (κ3) is 3.98. The fourth-order valence-corrected chi connectivity index (χ4v) is 4.77. The molecule has 1 aromatic carbocycles. The van der Waals surface area contributed by atoms with E-state index in [-0.39, 0.29) is 23.8 Å². The molecule has 0 aromatic heterocycles. The second kappa shape index (κ2) is 6.83. The van der Waals surface area contributed by atoms with Crippen LogP contribution in [0.15, 0.2) is 24.3 Å². The highest BCUT2D eigenvalue weighted by molar-refractivity contribution is 7.91. The second-order valence-corrected chi connectivity index (χ2v) is 8.47. The number of benzene rings is 1. The molecule has 2 aliphatic rings. The van der Waals surface area contributed by atoms with Crippen molar-refractivity contribution in [2.45, 2.75) is 19.3 Å². The Morgan fingerprint density at radius 2 is 2.00 bits per heavy atom. The van der Waals surface area contributed by atoms with Crippen molar-refractivity contribution in [1.29, 1.82) is 0 Å². The Kier molecular flexibility index (Phi) is 4.76. The molecule has 0 saturated carbocycles. The molecule has 0 spiro atoms. The molecule has 0 unspecified atom stereocenters. The predicted octanol–water partition coefficient (Wildman–Crippen LogP) is 0.00910. The number of anilines is 1. The molecule has 0 radical (unpaired) electrons. The second-order valence-electron chi connectivity index (χ2n) is 6.24. The highest BCUT2D eigenvalue weighted by Gasteiger charge is 2.33. The first kappa shape index (κ1) is 17.4. The quantitative estimate of drug-likeness (QED) is 0.733. The van der Waals surface area contributed by atoms with Crippen molar-refractivity contribution in [2.75, 3.05) is 23.0 Å². The lowest BCUT2D eigenvalue weighted by Crippen LogP contribution is -2.44. The zero-order valence-corrected chi connectivity index (χ0v) is 14.3. The van der Waals surface area contributed by atoms with Gasteiger partial charge in [0.15, 0.2) is 9.84 Å². The Hall–Kier alpha value is -2.42. The predicted molar refractivity (Wildman–Crippen MR) is 90.4 cm³/mol. The molecule has 134 valence electrons. The normalized spacial score (nSPS) is 22.0. The van der Waals surface area contributed by atoms with Crippen LogP contribution in [0.5, 0.6) is 0 Å². The van der Waals surface area contributed by atoms with Gasteiger partial charge >= 0.3 is 0 Å². The maximum Gasteiger partial charge on any atom is 0.269 e. The number of nitrogens with one attached hydrogen (secondary N) is 2. The molecule has 2 aliphatic heterocycles. The summed E-state index contributed by atoms with van der Waals surface area (Å²) in [6.45, 7) is 0.622. The zero-order valence-electron chi connectivity index (χ0n) is 13.5. The Labute approximate surface area is 145 Å². The van der Waals surface area contributed by atoms with Crippen LogP contribution in [0.4, 0.5) is 5.69 Å². The number of carbonyl (C=O) groups excluding carboxylic acids is 3. The van der Waals surface area contributed by atoms with Gasteiger partial charge in [-0.05, 0) is 31.0 Å². The Balaban J connectivity index is 1.60. The van der Waals surface area contributed by atoms with Crippen LogP contribution >= 0.6 is 0 Å². The summed E-state index contributed by atoms with van der Waals surface area (Å²) >= 11 is 0. The number of rotatable bonds is 3. The lowest BCUT2D eigenvalue weighted by molar-refractivity contribution is -0.125. The molecule has 0 aliphatic carbocycles. The number of hydrogen-bond donors (Lipinski definition) is 2. The summed E-state index contributed by atoms with van der Waals surface area (Å²) in [7, 11) is -3.16. The summed E-state index contributed by atoms with van der Waals surface area (Å²) < 4.78 is 22.8. The van der Waals surface area contributed by atoms with Crippen LogP contribution in [0, 0.1) is 5.92 Å². The first-order chi connectivity index (χ1) is 11.9. The minimum atomic E-state index is -3.16. The van der Waals surface area contributed by atoms with Gasteiger partial charge in [-0.15, -0.1) is 0 Å². The van der Waals surface area contributed by atoms with E-state index in [4.69, 9.17) is 0 Å². The van der Waals surface area contributed by atoms with Gasteiger partial charge in [-0.3, -0.25) is 25.2 Å². The third-order valence-electron chi connectivity index (χ3n) is 4.40. The summed E-state index contributed by atoms with van der Waals surface area (Å²) in [6, 6.07) is 6.58. The Morgan fingerprint density at radius 3 is 2.64 bits per heavy atom. The van der Waals surface area contributed by atoms with Gasteiger partial charge in [0.2, 0.25) is 11.8 Å². The largest absolute Gasteiger partial charge is 0.312 e. The number of hydrazine groups is 1. The monoisotopic (exact) mass is 365 g/mol. The summed E-state index contributed by atoms with van der Waals surface area (Å²) in [5.41, 5.74) is 5.51. The highest BCUT2D eigenvalue weighted by Crippen LogP contribution is 2.22. The molecule has 2 N–H and O–H groups in total. The van der Waals surface area contributed by atoms with Gasteiger partial charge in [-0.2, -0.15) is 0 Å². The van der Waals surface area contributed by atoms with E-state index in [1.165, 1.54) is 0 Å². The molecule has 3 amide bonds. The number of nitrogens with zero attached hydrogens (tertiary/aromatic N) is 1. The first-order valence-electron chi connectivity index (χ1n) is 8.07. The molecular weight excluding hydrogens is 346 g/mol. The smallest absolute Gasteiger partial charge is 0.269 e. The van der Waals surface area contributed by atoms with Crippen molar-refractivity contribution in [1.82, 2.24) is 10.9 Å². The van der Waals surface area contributed by atoms with Crippen molar-refractivity contribution >= 4 is 33.2 Å². The van der Waals surface area contributed by atoms with E-state index < -0.39 is 27.6 Å². The molecule has 1 atom stereocenters. The van der Waals surface area contributed by atoms with Crippen molar-refractivity contribution in [3.05, 3.63) is 29.8 Å². The van der Waals surface area contributed by atoms with Crippen molar-refractivity contribution < 1.29 is 22.8 Å². The van der Waals surface area contributed by atoms with E-state index in [0.717, 1.165) is 6.42 Å². The van der Waals surface area contributed by atoms with E-state index in [0.29, 0.717) is 24.2 Å². The summed E-state index contributed by atoms with van der Waals surface area (Å²) in [6.07, 6.45) is 1.54. The molecule has 0 bridgehead atoms.